The molecule has 8 heteroatoms. The Labute approximate surface area is 243 Å². The molecule has 0 saturated heterocycles. The Kier molecular flexibility index (Phi) is 8.94. The van der Waals surface area contributed by atoms with E-state index in [1.54, 1.807) is 44.4 Å². The van der Waals surface area contributed by atoms with Gasteiger partial charge in [-0.15, -0.1) is 0 Å². The molecule has 42 heavy (non-hydrogen) atoms. The summed E-state index contributed by atoms with van der Waals surface area (Å²) in [6.45, 7) is 2.29. The van der Waals surface area contributed by atoms with Crippen molar-refractivity contribution in [1.82, 2.24) is 0 Å². The van der Waals surface area contributed by atoms with Crippen molar-refractivity contribution in [2.45, 2.75) is 32.3 Å². The first-order valence-corrected chi connectivity index (χ1v) is 13.5. The highest BCUT2D eigenvalue weighted by Gasteiger charge is 2.26. The number of hydrogen-bond acceptors (Lipinski definition) is 8. The van der Waals surface area contributed by atoms with Crippen LogP contribution in [0, 0.1) is 0 Å². The Balaban J connectivity index is 1.42. The maximum Gasteiger partial charge on any atom is 0.336 e. The molecule has 5 aromatic rings. The Bertz CT molecular complexity index is 1680. The number of aliphatic hydroxyl groups is 1. The van der Waals surface area contributed by atoms with Crippen molar-refractivity contribution in [3.63, 3.8) is 0 Å². The fraction of sp³-hybridized carbons (Fsp3) is 0.206. The molecule has 0 fully saturated rings. The van der Waals surface area contributed by atoms with E-state index in [0.717, 1.165) is 11.1 Å². The summed E-state index contributed by atoms with van der Waals surface area (Å²) in [6, 6.07) is 29.3. The van der Waals surface area contributed by atoms with E-state index in [1.807, 2.05) is 60.7 Å². The third-order valence-electron chi connectivity index (χ3n) is 6.75. The van der Waals surface area contributed by atoms with Crippen LogP contribution in [0.2, 0.25) is 0 Å². The Hall–Kier alpha value is -4.95. The summed E-state index contributed by atoms with van der Waals surface area (Å²) in [5.41, 5.74) is 2.18. The van der Waals surface area contributed by atoms with Gasteiger partial charge in [0, 0.05) is 11.5 Å². The average molecular weight is 569 g/mol. The van der Waals surface area contributed by atoms with Gasteiger partial charge in [0.2, 0.25) is 11.5 Å². The van der Waals surface area contributed by atoms with Crippen LogP contribution in [0.5, 0.6) is 28.7 Å². The molecule has 0 aliphatic rings. The molecule has 1 aromatic heterocycles. The van der Waals surface area contributed by atoms with Crippen molar-refractivity contribution in [3.05, 3.63) is 124 Å². The quantitative estimate of drug-likeness (QED) is 0.171. The molecule has 216 valence electrons. The highest BCUT2D eigenvalue weighted by molar-refractivity contribution is 5.88. The largest absolute Gasteiger partial charge is 0.493 e. The van der Waals surface area contributed by atoms with Crippen LogP contribution >= 0.6 is 0 Å². The maximum atomic E-state index is 12.1. The number of rotatable bonds is 12. The molecule has 8 nitrogen and oxygen atoms in total. The number of hydrogen-bond donors (Lipinski definition) is 1. The average Bonchev–Trinajstić information content (AvgIpc) is 3.03. The van der Waals surface area contributed by atoms with Gasteiger partial charge in [0.15, 0.2) is 22.8 Å². The SMILES string of the molecule is COc1cc([C@@H](O)[C@H](C)Oc2c(OC)cc3ccc(=O)oc3c2OCc2ccccc2)ccc1OCc1ccccc1. The van der Waals surface area contributed by atoms with Crippen LogP contribution in [0.1, 0.15) is 29.7 Å². The van der Waals surface area contributed by atoms with Crippen molar-refractivity contribution >= 4 is 11.0 Å². The van der Waals surface area contributed by atoms with E-state index >= 15 is 0 Å². The number of ether oxygens (including phenoxy) is 5. The number of methoxy groups -OCH3 is 2. The fourth-order valence-corrected chi connectivity index (χ4v) is 4.51. The van der Waals surface area contributed by atoms with Gasteiger partial charge in [-0.25, -0.2) is 4.79 Å². The first-order chi connectivity index (χ1) is 20.5. The summed E-state index contributed by atoms with van der Waals surface area (Å²) >= 11 is 0. The summed E-state index contributed by atoms with van der Waals surface area (Å²) in [5, 5.41) is 11.9. The van der Waals surface area contributed by atoms with Crippen LogP contribution in [0.15, 0.2) is 106 Å². The predicted octanol–water partition coefficient (Wildman–Crippen LogP) is 6.47. The summed E-state index contributed by atoms with van der Waals surface area (Å²) in [4.78, 5) is 12.1. The van der Waals surface area contributed by atoms with E-state index < -0.39 is 17.8 Å². The number of aliphatic hydroxyl groups excluding tert-OH is 1. The maximum absolute atomic E-state index is 12.1. The monoisotopic (exact) mass is 568 g/mol. The minimum atomic E-state index is -1.06. The molecule has 0 radical (unpaired) electrons. The Morgan fingerprint density at radius 3 is 2.00 bits per heavy atom. The first-order valence-electron chi connectivity index (χ1n) is 13.5. The molecule has 0 unspecified atom stereocenters. The van der Waals surface area contributed by atoms with Crippen LogP contribution in [-0.2, 0) is 13.2 Å². The zero-order valence-electron chi connectivity index (χ0n) is 23.6. The van der Waals surface area contributed by atoms with Crippen LogP contribution in [0.3, 0.4) is 0 Å². The van der Waals surface area contributed by atoms with E-state index in [4.69, 9.17) is 28.1 Å². The lowest BCUT2D eigenvalue weighted by Gasteiger charge is -2.24. The number of benzene rings is 4. The summed E-state index contributed by atoms with van der Waals surface area (Å²) in [5.74, 6) is 1.80. The van der Waals surface area contributed by atoms with Crippen molar-refractivity contribution < 1.29 is 33.2 Å². The second-order valence-corrected chi connectivity index (χ2v) is 9.64. The standard InChI is InChI=1S/C34H32O8/c1-22(31(36)25-14-16-27(28(18-25)37-2)39-20-23-10-6-4-7-11-23)41-33-29(38-3)19-26-15-17-30(35)42-32(26)34(33)40-21-24-12-8-5-9-13-24/h4-19,22,31,36H,20-21H2,1-3H3/t22-,31-/m0/s1. The molecule has 0 spiro atoms. The normalized spacial score (nSPS) is 12.4. The van der Waals surface area contributed by atoms with Gasteiger partial charge in [0.05, 0.1) is 14.2 Å². The molecule has 0 aliphatic carbocycles. The van der Waals surface area contributed by atoms with Gasteiger partial charge in [-0.3, -0.25) is 0 Å². The van der Waals surface area contributed by atoms with Gasteiger partial charge in [-0.05, 0) is 47.9 Å². The lowest BCUT2D eigenvalue weighted by atomic mass is 10.0. The summed E-state index contributed by atoms with van der Waals surface area (Å²) in [6.07, 6.45) is -1.83. The van der Waals surface area contributed by atoms with Gasteiger partial charge in [0.1, 0.15) is 25.4 Å². The van der Waals surface area contributed by atoms with Crippen molar-refractivity contribution in [3.8, 4) is 28.7 Å². The van der Waals surface area contributed by atoms with Gasteiger partial charge in [-0.2, -0.15) is 0 Å². The van der Waals surface area contributed by atoms with Crippen molar-refractivity contribution in [1.29, 1.82) is 0 Å². The smallest absolute Gasteiger partial charge is 0.336 e. The van der Waals surface area contributed by atoms with Gasteiger partial charge in [0.25, 0.3) is 0 Å². The fourth-order valence-electron chi connectivity index (χ4n) is 4.51. The minimum absolute atomic E-state index is 0.191. The van der Waals surface area contributed by atoms with Gasteiger partial charge < -0.3 is 33.2 Å². The summed E-state index contributed by atoms with van der Waals surface area (Å²) < 4.78 is 35.2. The van der Waals surface area contributed by atoms with Crippen LogP contribution in [-0.4, -0.2) is 25.4 Å². The highest BCUT2D eigenvalue weighted by Crippen LogP contribution is 2.45. The van der Waals surface area contributed by atoms with E-state index in [9.17, 15) is 9.90 Å². The molecular weight excluding hydrogens is 536 g/mol. The summed E-state index contributed by atoms with van der Waals surface area (Å²) in [7, 11) is 3.05. The molecule has 0 saturated carbocycles. The Morgan fingerprint density at radius 1 is 0.714 bits per heavy atom. The zero-order valence-corrected chi connectivity index (χ0v) is 23.6. The molecule has 0 aliphatic heterocycles. The van der Waals surface area contributed by atoms with Crippen LogP contribution in [0.25, 0.3) is 11.0 Å². The van der Waals surface area contributed by atoms with Gasteiger partial charge >= 0.3 is 5.63 Å². The third kappa shape index (κ3) is 6.50. The number of fused-ring (bicyclic) bond motifs is 1. The molecule has 5 rings (SSSR count). The zero-order chi connectivity index (χ0) is 29.5. The molecule has 1 heterocycles. The molecular formula is C34H32O8. The van der Waals surface area contributed by atoms with E-state index in [-0.39, 0.29) is 23.7 Å². The topological polar surface area (TPSA) is 96.6 Å². The van der Waals surface area contributed by atoms with E-state index in [1.165, 1.54) is 13.2 Å². The van der Waals surface area contributed by atoms with E-state index in [2.05, 4.69) is 0 Å². The second-order valence-electron chi connectivity index (χ2n) is 9.64. The van der Waals surface area contributed by atoms with Crippen LogP contribution < -0.4 is 29.3 Å². The minimum Gasteiger partial charge on any atom is -0.493 e. The highest BCUT2D eigenvalue weighted by atomic mass is 16.6. The lowest BCUT2D eigenvalue weighted by molar-refractivity contribution is 0.0427. The molecule has 0 bridgehead atoms. The molecule has 2 atom stereocenters. The second kappa shape index (κ2) is 13.1. The third-order valence-corrected chi connectivity index (χ3v) is 6.75. The Morgan fingerprint density at radius 2 is 1.36 bits per heavy atom. The van der Waals surface area contributed by atoms with Crippen molar-refractivity contribution in [2.75, 3.05) is 14.2 Å². The van der Waals surface area contributed by atoms with Crippen molar-refractivity contribution in [2.24, 2.45) is 0 Å². The van der Waals surface area contributed by atoms with Crippen LogP contribution in [0.4, 0.5) is 0 Å². The lowest BCUT2D eigenvalue weighted by Crippen LogP contribution is -2.22. The molecule has 1 N–H and O–H groups in total. The van der Waals surface area contributed by atoms with Gasteiger partial charge in [-0.1, -0.05) is 66.7 Å². The first kappa shape index (κ1) is 28.6. The predicted molar refractivity (Wildman–Crippen MR) is 159 cm³/mol. The molecule has 4 aromatic carbocycles. The van der Waals surface area contributed by atoms with E-state index in [0.29, 0.717) is 34.8 Å². The molecule has 0 amide bonds.